The van der Waals surface area contributed by atoms with Crippen LogP contribution in [0, 0.1) is 5.41 Å². The molecule has 0 spiro atoms. The maximum Gasteiger partial charge on any atom is -1.00 e. The van der Waals surface area contributed by atoms with Crippen molar-refractivity contribution in [2.75, 3.05) is 0 Å². The summed E-state index contributed by atoms with van der Waals surface area (Å²) in [6.07, 6.45) is 21.8. The maximum atomic E-state index is 2.64. The molecule has 0 heterocycles. The van der Waals surface area contributed by atoms with E-state index < -0.39 is 21.3 Å². The molecule has 0 N–H and O–H groups in total. The molecule has 0 nitrogen and oxygen atoms in total. The van der Waals surface area contributed by atoms with E-state index in [-0.39, 0.29) is 46.5 Å². The minimum atomic E-state index is -2.75. The number of hydrogen-bond donors (Lipinski definition) is 0. The smallest absolute Gasteiger partial charge is 1.00 e. The Kier molecular flexibility index (Phi) is 10.7. The fraction of sp³-hybridized carbons (Fsp3) is 0.392. The van der Waals surface area contributed by atoms with Crippen LogP contribution in [0.1, 0.15) is 134 Å². The third-order valence-electron chi connectivity index (χ3n) is 12.9. The van der Waals surface area contributed by atoms with Gasteiger partial charge in [-0.3, -0.25) is 0 Å². The zero-order valence-corrected chi connectivity index (χ0v) is 38.5. The van der Waals surface area contributed by atoms with Crippen LogP contribution in [0.2, 0.25) is 7.25 Å². The van der Waals surface area contributed by atoms with Gasteiger partial charge in [0.1, 0.15) is 0 Å². The van der Waals surface area contributed by atoms with Crippen molar-refractivity contribution in [1.82, 2.24) is 0 Å². The molecule has 5 aliphatic rings. The number of benzene rings is 3. The van der Waals surface area contributed by atoms with Gasteiger partial charge in [-0.1, -0.05) is 0 Å². The quantitative estimate of drug-likeness (QED) is 0.311. The first-order valence-corrected chi connectivity index (χ1v) is 23.8. The molecule has 8 rings (SSSR count). The van der Waals surface area contributed by atoms with Gasteiger partial charge in [-0.05, 0) is 0 Å². The fourth-order valence-corrected chi connectivity index (χ4v) is 20.6. The maximum absolute atomic E-state index is 2.75. The van der Waals surface area contributed by atoms with Crippen LogP contribution in [0.3, 0.4) is 0 Å². The summed E-state index contributed by atoms with van der Waals surface area (Å²) in [5.41, 5.74) is 18.8. The Morgan fingerprint density at radius 3 is 1.78 bits per heavy atom. The van der Waals surface area contributed by atoms with Crippen LogP contribution in [0.4, 0.5) is 0 Å². The van der Waals surface area contributed by atoms with Crippen LogP contribution in [0.25, 0.3) is 22.8 Å². The molecule has 54 heavy (non-hydrogen) atoms. The molecule has 1 unspecified atom stereocenters. The van der Waals surface area contributed by atoms with Gasteiger partial charge in [0.2, 0.25) is 0 Å². The third-order valence-corrected chi connectivity index (χ3v) is 22.9. The molecule has 0 radical (unpaired) electrons. The molecule has 0 saturated heterocycles. The molecule has 0 amide bonds. The first-order valence-electron chi connectivity index (χ1n) is 19.7. The van der Waals surface area contributed by atoms with Crippen LogP contribution in [-0.2, 0) is 43.9 Å². The summed E-state index contributed by atoms with van der Waals surface area (Å²) in [5.74, 6) is 0. The van der Waals surface area contributed by atoms with E-state index in [0.717, 1.165) is 12.8 Å². The number of hydrogen-bond acceptors (Lipinski definition) is 0. The molecule has 0 aromatic heterocycles. The van der Waals surface area contributed by atoms with Gasteiger partial charge in [0.15, 0.2) is 0 Å². The largest absolute Gasteiger partial charge is 1.00 e. The monoisotopic (exact) mass is 830 g/mol. The van der Waals surface area contributed by atoms with Crippen molar-refractivity contribution in [3.05, 3.63) is 152 Å². The van der Waals surface area contributed by atoms with Crippen molar-refractivity contribution in [1.29, 1.82) is 0 Å². The molecule has 0 bridgehead atoms. The molecule has 3 aromatic carbocycles. The Bertz CT molecular complexity index is 2280. The Hall–Kier alpha value is -2.57. The van der Waals surface area contributed by atoms with E-state index >= 15 is 0 Å². The zero-order valence-electron chi connectivity index (χ0n) is 34.6. The van der Waals surface area contributed by atoms with Crippen LogP contribution in [0.5, 0.6) is 0 Å². The van der Waals surface area contributed by atoms with Crippen molar-refractivity contribution >= 4 is 26.0 Å². The topological polar surface area (TPSA) is 0 Å². The molecule has 0 saturated carbocycles. The second kappa shape index (κ2) is 14.1. The molecule has 0 aliphatic heterocycles. The molecule has 3 aromatic rings. The van der Waals surface area contributed by atoms with Crippen molar-refractivity contribution in [2.24, 2.45) is 5.41 Å². The average molecular weight is 833 g/mol. The summed E-state index contributed by atoms with van der Waals surface area (Å²) >= 11 is -2.75. The molecule has 280 valence electrons. The van der Waals surface area contributed by atoms with Crippen molar-refractivity contribution in [3.8, 4) is 0 Å². The Balaban J connectivity index is 0.00000249. The molecule has 0 fully saturated rings. The van der Waals surface area contributed by atoms with Crippen LogP contribution < -0.4 is 35.3 Å². The SMILES string of the molecule is CC1=CC=c2c1c1c(c3c2=C(C)[CH]([Zr+2](=[C](c2ccc(C(C)(C)C)cc2)c2ccc(C(C)(C)C)cc2)[CH]2C=CC=C2)C3(C)C)CC2=C1CC(C)(C)C=C2.[Cl-].[Cl-]. The van der Waals surface area contributed by atoms with Gasteiger partial charge >= 0.3 is 324 Å². The number of halogens is 2. The van der Waals surface area contributed by atoms with Crippen molar-refractivity contribution in [3.63, 3.8) is 0 Å². The molecule has 5 aliphatic carbocycles. The predicted molar refractivity (Wildman–Crippen MR) is 223 cm³/mol. The summed E-state index contributed by atoms with van der Waals surface area (Å²) in [7, 11) is 0. The Morgan fingerprint density at radius 2 is 1.26 bits per heavy atom. The van der Waals surface area contributed by atoms with E-state index in [1.165, 1.54) is 38.6 Å². The van der Waals surface area contributed by atoms with E-state index in [4.69, 9.17) is 0 Å². The second-order valence-corrected chi connectivity index (χ2v) is 26.2. The van der Waals surface area contributed by atoms with E-state index in [1.54, 1.807) is 41.8 Å². The third kappa shape index (κ3) is 6.61. The van der Waals surface area contributed by atoms with E-state index in [1.807, 2.05) is 0 Å². The van der Waals surface area contributed by atoms with E-state index in [0.29, 0.717) is 7.25 Å². The average Bonchev–Trinajstić information content (AvgIpc) is 3.85. The second-order valence-electron chi connectivity index (χ2n) is 19.7. The van der Waals surface area contributed by atoms with Crippen LogP contribution >= 0.6 is 0 Å². The van der Waals surface area contributed by atoms with Crippen LogP contribution in [-0.4, -0.2) is 3.21 Å². The minimum absolute atomic E-state index is 0. The van der Waals surface area contributed by atoms with Crippen LogP contribution in [0.15, 0.2) is 96.6 Å². The fourth-order valence-electron chi connectivity index (χ4n) is 10.3. The zero-order chi connectivity index (χ0) is 37.1. The molecule has 3 heteroatoms. The normalized spacial score (nSPS) is 19.9. The summed E-state index contributed by atoms with van der Waals surface area (Å²) in [6.45, 7) is 29.0. The number of fused-ring (bicyclic) bond motifs is 7. The van der Waals surface area contributed by atoms with Gasteiger partial charge < -0.3 is 24.8 Å². The summed E-state index contributed by atoms with van der Waals surface area (Å²) < 4.78 is 2.68. The number of allylic oxidation sites excluding steroid dienone is 10. The van der Waals surface area contributed by atoms with E-state index in [9.17, 15) is 0 Å². The summed E-state index contributed by atoms with van der Waals surface area (Å²) in [5, 5.41) is 3.10. The molecular weight excluding hydrogens is 775 g/mol. The van der Waals surface area contributed by atoms with Gasteiger partial charge in [0.05, 0.1) is 0 Å². The van der Waals surface area contributed by atoms with Gasteiger partial charge in [-0.25, -0.2) is 0 Å². The Labute approximate surface area is 346 Å². The number of rotatable bonds is 4. The van der Waals surface area contributed by atoms with Crippen molar-refractivity contribution in [2.45, 2.75) is 119 Å². The standard InChI is InChI=1S/C25H27.C21H26.C5H5.2ClH.Zr/c1-14-7-8-17-20(14)22-18(23-21(17)15(2)12-25(23,5)6)11-16-9-10-24(3,4)13-19(16)22;1-20(2,3)18-11-7-16(8-12-18)15-17-9-13-19(14-10-17)21(4,5)6;1-2-4-5-3-1;;;/h7-10,12H,11,13H2,1-6H3;7-14H,1-6H3;1-5H;2*1H;/q;;;;;+2/p-2. The first kappa shape index (κ1) is 41.1. The van der Waals surface area contributed by atoms with Crippen molar-refractivity contribution < 1.29 is 46.1 Å². The van der Waals surface area contributed by atoms with Gasteiger partial charge in [0, 0.05) is 0 Å². The first-order chi connectivity index (χ1) is 24.4. The minimum Gasteiger partial charge on any atom is -1.00 e. The van der Waals surface area contributed by atoms with Gasteiger partial charge in [0.25, 0.3) is 0 Å². The van der Waals surface area contributed by atoms with Gasteiger partial charge in [-0.15, -0.1) is 0 Å². The van der Waals surface area contributed by atoms with Gasteiger partial charge in [-0.2, -0.15) is 0 Å². The van der Waals surface area contributed by atoms with E-state index in [2.05, 4.69) is 180 Å². The Morgan fingerprint density at radius 1 is 0.722 bits per heavy atom. The predicted octanol–water partition coefficient (Wildman–Crippen LogP) is 5.83. The molecule has 1 atom stereocenters. The molecular formula is C51H58Cl2Zr. The summed E-state index contributed by atoms with van der Waals surface area (Å²) in [6, 6.07) is 19.6. The summed E-state index contributed by atoms with van der Waals surface area (Å²) in [4.78, 5) is 0.